The molecule has 4 nitrogen and oxygen atoms in total. The highest BCUT2D eigenvalue weighted by molar-refractivity contribution is 5.70. The van der Waals surface area contributed by atoms with Crippen LogP contribution >= 0.6 is 0 Å². The highest BCUT2D eigenvalue weighted by atomic mass is 16.5. The highest BCUT2D eigenvalue weighted by Gasteiger charge is 2.17. The van der Waals surface area contributed by atoms with E-state index in [1.165, 1.54) is 0 Å². The van der Waals surface area contributed by atoms with Crippen LogP contribution in [0.4, 0.5) is 0 Å². The first-order valence-electron chi connectivity index (χ1n) is 5.17. The minimum Gasteiger partial charge on any atom is -0.481 e. The van der Waals surface area contributed by atoms with E-state index in [9.17, 15) is 4.79 Å². The Morgan fingerprint density at radius 2 is 2.06 bits per heavy atom. The largest absolute Gasteiger partial charge is 0.481 e. The van der Waals surface area contributed by atoms with E-state index in [0.29, 0.717) is 13.0 Å². The smallest absolute Gasteiger partial charge is 0.308 e. The minimum absolute atomic E-state index is 0.149. The van der Waals surface area contributed by atoms with Crippen molar-refractivity contribution in [1.29, 1.82) is 0 Å². The zero-order chi connectivity index (χ0) is 12.0. The van der Waals surface area contributed by atoms with Crippen molar-refractivity contribution in [2.45, 2.75) is 13.0 Å². The van der Waals surface area contributed by atoms with E-state index in [0.717, 1.165) is 11.1 Å². The molecule has 0 aliphatic rings. The maximum atomic E-state index is 10.9. The van der Waals surface area contributed by atoms with E-state index in [1.54, 1.807) is 7.11 Å². The standard InChI is InChI=1S/C12H17NO3/c1-16-8-10-5-3-2-4-9(10)6-11(7-13)12(14)15/h2-5,11H,6-8,13H2,1H3,(H,14,15). The number of carboxylic acids is 1. The first kappa shape index (κ1) is 12.7. The van der Waals surface area contributed by atoms with Crippen LogP contribution in [-0.4, -0.2) is 24.7 Å². The third kappa shape index (κ3) is 3.32. The molecule has 0 spiro atoms. The van der Waals surface area contributed by atoms with Gasteiger partial charge in [-0.25, -0.2) is 0 Å². The fraction of sp³-hybridized carbons (Fsp3) is 0.417. The van der Waals surface area contributed by atoms with Crippen molar-refractivity contribution in [2.75, 3.05) is 13.7 Å². The quantitative estimate of drug-likeness (QED) is 0.755. The van der Waals surface area contributed by atoms with Crippen LogP contribution < -0.4 is 5.73 Å². The van der Waals surface area contributed by atoms with Crippen LogP contribution in [0.5, 0.6) is 0 Å². The Hall–Kier alpha value is -1.39. The number of aliphatic carboxylic acids is 1. The van der Waals surface area contributed by atoms with Gasteiger partial charge in [0.2, 0.25) is 0 Å². The first-order valence-corrected chi connectivity index (χ1v) is 5.17. The zero-order valence-corrected chi connectivity index (χ0v) is 9.35. The third-order valence-electron chi connectivity index (χ3n) is 2.52. The molecule has 0 aromatic heterocycles. The molecule has 1 rings (SSSR count). The number of methoxy groups -OCH3 is 1. The van der Waals surface area contributed by atoms with E-state index in [4.69, 9.17) is 15.6 Å². The molecular formula is C12H17NO3. The molecule has 0 saturated carbocycles. The van der Waals surface area contributed by atoms with E-state index < -0.39 is 11.9 Å². The molecule has 0 fully saturated rings. The average molecular weight is 223 g/mol. The summed E-state index contributed by atoms with van der Waals surface area (Å²) in [7, 11) is 1.62. The predicted molar refractivity (Wildman–Crippen MR) is 61.0 cm³/mol. The summed E-state index contributed by atoms with van der Waals surface area (Å²) in [6.07, 6.45) is 0.450. The zero-order valence-electron chi connectivity index (χ0n) is 9.35. The van der Waals surface area contributed by atoms with Gasteiger partial charge in [0.25, 0.3) is 0 Å². The second-order valence-corrected chi connectivity index (χ2v) is 3.68. The average Bonchev–Trinajstić information content (AvgIpc) is 2.27. The van der Waals surface area contributed by atoms with Gasteiger partial charge in [0, 0.05) is 13.7 Å². The van der Waals surface area contributed by atoms with Gasteiger partial charge in [-0.1, -0.05) is 24.3 Å². The third-order valence-corrected chi connectivity index (χ3v) is 2.52. The van der Waals surface area contributed by atoms with Crippen LogP contribution in [0.1, 0.15) is 11.1 Å². The summed E-state index contributed by atoms with van der Waals surface area (Å²) >= 11 is 0. The number of carboxylic acid groups (broad SMARTS) is 1. The van der Waals surface area contributed by atoms with Crippen LogP contribution in [0.15, 0.2) is 24.3 Å². The van der Waals surface area contributed by atoms with Gasteiger partial charge in [-0.05, 0) is 17.5 Å². The monoisotopic (exact) mass is 223 g/mol. The van der Waals surface area contributed by atoms with Crippen molar-refractivity contribution >= 4 is 5.97 Å². The Labute approximate surface area is 95.0 Å². The molecule has 0 radical (unpaired) electrons. The van der Waals surface area contributed by atoms with Crippen LogP contribution in [-0.2, 0) is 22.6 Å². The Morgan fingerprint density at radius 1 is 1.44 bits per heavy atom. The lowest BCUT2D eigenvalue weighted by Crippen LogP contribution is -2.25. The summed E-state index contributed by atoms with van der Waals surface area (Å²) in [5.41, 5.74) is 7.44. The molecule has 0 saturated heterocycles. The number of hydrogen-bond donors (Lipinski definition) is 2. The van der Waals surface area contributed by atoms with Gasteiger partial charge in [-0.2, -0.15) is 0 Å². The summed E-state index contributed by atoms with van der Waals surface area (Å²) < 4.78 is 5.07. The minimum atomic E-state index is -0.852. The fourth-order valence-corrected chi connectivity index (χ4v) is 1.59. The van der Waals surface area contributed by atoms with Gasteiger partial charge in [0.05, 0.1) is 12.5 Å². The predicted octanol–water partition coefficient (Wildman–Crippen LogP) is 1.04. The molecule has 88 valence electrons. The molecule has 3 N–H and O–H groups in total. The molecule has 0 heterocycles. The Morgan fingerprint density at radius 3 is 2.56 bits per heavy atom. The molecule has 4 heteroatoms. The lowest BCUT2D eigenvalue weighted by molar-refractivity contribution is -0.141. The van der Waals surface area contributed by atoms with Crippen molar-refractivity contribution in [3.05, 3.63) is 35.4 Å². The number of hydrogen-bond acceptors (Lipinski definition) is 3. The highest BCUT2D eigenvalue weighted by Crippen LogP contribution is 2.14. The van der Waals surface area contributed by atoms with Crippen molar-refractivity contribution < 1.29 is 14.6 Å². The molecule has 16 heavy (non-hydrogen) atoms. The topological polar surface area (TPSA) is 72.5 Å². The Kier molecular flexibility index (Phi) is 4.95. The number of rotatable bonds is 6. The van der Waals surface area contributed by atoms with Crippen molar-refractivity contribution in [3.8, 4) is 0 Å². The number of ether oxygens (including phenoxy) is 1. The summed E-state index contributed by atoms with van der Waals surface area (Å²) in [5, 5.41) is 8.94. The van der Waals surface area contributed by atoms with E-state index >= 15 is 0 Å². The molecule has 0 amide bonds. The van der Waals surface area contributed by atoms with Gasteiger partial charge in [-0.3, -0.25) is 4.79 Å². The molecule has 1 aromatic carbocycles. The number of benzene rings is 1. The molecule has 1 unspecified atom stereocenters. The second-order valence-electron chi connectivity index (χ2n) is 3.68. The molecule has 0 bridgehead atoms. The molecule has 1 aromatic rings. The van der Waals surface area contributed by atoms with E-state index in [1.807, 2.05) is 24.3 Å². The van der Waals surface area contributed by atoms with Crippen molar-refractivity contribution in [3.63, 3.8) is 0 Å². The van der Waals surface area contributed by atoms with Crippen molar-refractivity contribution in [2.24, 2.45) is 11.7 Å². The van der Waals surface area contributed by atoms with Gasteiger partial charge in [-0.15, -0.1) is 0 Å². The summed E-state index contributed by atoms with van der Waals surface area (Å²) in [6, 6.07) is 7.66. The van der Waals surface area contributed by atoms with Crippen LogP contribution in [0.25, 0.3) is 0 Å². The van der Waals surface area contributed by atoms with Gasteiger partial charge in [0.15, 0.2) is 0 Å². The van der Waals surface area contributed by atoms with Gasteiger partial charge < -0.3 is 15.6 Å². The van der Waals surface area contributed by atoms with Crippen LogP contribution in [0.3, 0.4) is 0 Å². The van der Waals surface area contributed by atoms with E-state index in [-0.39, 0.29) is 6.54 Å². The fourth-order valence-electron chi connectivity index (χ4n) is 1.59. The first-order chi connectivity index (χ1) is 7.69. The molecule has 1 atom stereocenters. The maximum absolute atomic E-state index is 10.9. The second kappa shape index (κ2) is 6.25. The van der Waals surface area contributed by atoms with Crippen molar-refractivity contribution in [1.82, 2.24) is 0 Å². The maximum Gasteiger partial charge on any atom is 0.308 e. The van der Waals surface area contributed by atoms with Crippen LogP contribution in [0.2, 0.25) is 0 Å². The summed E-state index contributed by atoms with van der Waals surface area (Å²) in [4.78, 5) is 10.9. The molecule has 0 aliphatic carbocycles. The van der Waals surface area contributed by atoms with Crippen LogP contribution in [0, 0.1) is 5.92 Å². The van der Waals surface area contributed by atoms with E-state index in [2.05, 4.69) is 0 Å². The lowest BCUT2D eigenvalue weighted by Gasteiger charge is -2.13. The SMILES string of the molecule is COCc1ccccc1CC(CN)C(=O)O. The number of carbonyl (C=O) groups is 1. The summed E-state index contributed by atoms with van der Waals surface area (Å²) in [6.45, 7) is 0.643. The lowest BCUT2D eigenvalue weighted by atomic mass is 9.96. The normalized spacial score (nSPS) is 12.4. The van der Waals surface area contributed by atoms with Gasteiger partial charge in [0.1, 0.15) is 0 Å². The van der Waals surface area contributed by atoms with Gasteiger partial charge >= 0.3 is 5.97 Å². The number of nitrogens with two attached hydrogens (primary N) is 1. The Balaban J connectivity index is 2.82. The molecular weight excluding hydrogens is 206 g/mol. The Bertz CT molecular complexity index is 352. The molecule has 0 aliphatic heterocycles. The summed E-state index contributed by atoms with van der Waals surface area (Å²) in [5.74, 6) is -1.38.